The topological polar surface area (TPSA) is 55.8 Å². The zero-order chi connectivity index (χ0) is 15.8. The van der Waals surface area contributed by atoms with Gasteiger partial charge in [0.05, 0.1) is 0 Å². The van der Waals surface area contributed by atoms with Gasteiger partial charge in [-0.25, -0.2) is 4.79 Å². The van der Waals surface area contributed by atoms with Crippen molar-refractivity contribution in [3.63, 3.8) is 0 Å². The zero-order valence-electron chi connectivity index (χ0n) is 12.1. The Hall–Kier alpha value is -2.59. The summed E-state index contributed by atoms with van der Waals surface area (Å²) in [5.41, 5.74) is 1.98. The van der Waals surface area contributed by atoms with Gasteiger partial charge in [-0.05, 0) is 11.6 Å². The van der Waals surface area contributed by atoms with E-state index in [2.05, 4.69) is 6.58 Å². The average Bonchev–Trinajstić information content (AvgIpc) is 2.58. The number of aliphatic hydroxyl groups is 1. The smallest absolute Gasteiger partial charge is 0.330 e. The summed E-state index contributed by atoms with van der Waals surface area (Å²) in [6.45, 7) is 3.20. The van der Waals surface area contributed by atoms with Crippen molar-refractivity contribution in [2.24, 2.45) is 0 Å². The molecule has 0 heterocycles. The van der Waals surface area contributed by atoms with Crippen LogP contribution in [0.4, 0.5) is 0 Å². The second kappa shape index (κ2) is 8.00. The number of carbonyl (C=O) groups is 1. The van der Waals surface area contributed by atoms with Gasteiger partial charge in [0.1, 0.15) is 25.1 Å². The summed E-state index contributed by atoms with van der Waals surface area (Å²) in [4.78, 5) is 10.9. The van der Waals surface area contributed by atoms with Crippen LogP contribution in [0.3, 0.4) is 0 Å². The Balaban J connectivity index is 1.99. The molecule has 4 nitrogen and oxygen atoms in total. The molecule has 0 aliphatic carbocycles. The molecule has 1 unspecified atom stereocenters. The van der Waals surface area contributed by atoms with Crippen molar-refractivity contribution in [1.29, 1.82) is 0 Å². The molecule has 0 aliphatic heterocycles. The third-order valence-electron chi connectivity index (χ3n) is 2.99. The number of carbonyl (C=O) groups excluding carboxylic acids is 1. The van der Waals surface area contributed by atoms with Crippen molar-refractivity contribution in [2.75, 3.05) is 13.2 Å². The Bertz CT molecular complexity index is 622. The highest BCUT2D eigenvalue weighted by atomic mass is 16.5. The van der Waals surface area contributed by atoms with Gasteiger partial charge in [0.15, 0.2) is 0 Å². The van der Waals surface area contributed by atoms with Crippen molar-refractivity contribution >= 4 is 5.97 Å². The molecule has 0 spiro atoms. The molecule has 2 aromatic carbocycles. The van der Waals surface area contributed by atoms with Crippen LogP contribution in [0.5, 0.6) is 5.75 Å². The molecule has 1 N–H and O–H groups in total. The molecular weight excluding hydrogens is 280 g/mol. The van der Waals surface area contributed by atoms with Crippen LogP contribution < -0.4 is 4.74 Å². The van der Waals surface area contributed by atoms with Gasteiger partial charge < -0.3 is 14.6 Å². The first-order chi connectivity index (χ1) is 10.7. The number of aliphatic hydroxyl groups excluding tert-OH is 1. The molecule has 0 radical (unpaired) electrons. The molecule has 4 heteroatoms. The Labute approximate surface area is 129 Å². The summed E-state index contributed by atoms with van der Waals surface area (Å²) >= 11 is 0. The van der Waals surface area contributed by atoms with Gasteiger partial charge in [0, 0.05) is 11.6 Å². The molecule has 0 aliphatic rings. The van der Waals surface area contributed by atoms with Crippen molar-refractivity contribution in [2.45, 2.75) is 6.10 Å². The Morgan fingerprint density at radius 1 is 1.09 bits per heavy atom. The maximum absolute atomic E-state index is 10.9. The lowest BCUT2D eigenvalue weighted by atomic mass is 10.1. The van der Waals surface area contributed by atoms with Crippen LogP contribution in [0.25, 0.3) is 11.1 Å². The van der Waals surface area contributed by atoms with E-state index in [1.54, 1.807) is 0 Å². The van der Waals surface area contributed by atoms with Crippen LogP contribution in [-0.4, -0.2) is 30.4 Å². The van der Waals surface area contributed by atoms with E-state index >= 15 is 0 Å². The fourth-order valence-electron chi connectivity index (χ4n) is 1.92. The van der Waals surface area contributed by atoms with E-state index in [0.717, 1.165) is 17.2 Å². The SMILES string of the molecule is C=CC(=O)OCC(O)COc1ccccc1-c1ccccc1. The first-order valence-electron chi connectivity index (χ1n) is 6.95. The quantitative estimate of drug-likeness (QED) is 0.631. The summed E-state index contributed by atoms with van der Waals surface area (Å²) < 4.78 is 10.4. The highest BCUT2D eigenvalue weighted by molar-refractivity contribution is 5.81. The van der Waals surface area contributed by atoms with Crippen molar-refractivity contribution in [3.05, 3.63) is 67.3 Å². The van der Waals surface area contributed by atoms with Crippen molar-refractivity contribution < 1.29 is 19.4 Å². The lowest BCUT2D eigenvalue weighted by Crippen LogP contribution is -2.24. The normalized spacial score (nSPS) is 11.5. The van der Waals surface area contributed by atoms with Gasteiger partial charge in [-0.1, -0.05) is 55.1 Å². The third kappa shape index (κ3) is 4.46. The number of esters is 1. The van der Waals surface area contributed by atoms with Crippen molar-refractivity contribution in [3.8, 4) is 16.9 Å². The van der Waals surface area contributed by atoms with E-state index in [0.29, 0.717) is 5.75 Å². The Kier molecular flexibility index (Phi) is 5.74. The van der Waals surface area contributed by atoms with Gasteiger partial charge in [-0.3, -0.25) is 0 Å². The van der Waals surface area contributed by atoms with Gasteiger partial charge >= 0.3 is 5.97 Å². The van der Waals surface area contributed by atoms with E-state index < -0.39 is 12.1 Å². The molecule has 22 heavy (non-hydrogen) atoms. The minimum Gasteiger partial charge on any atom is -0.490 e. The van der Waals surface area contributed by atoms with E-state index in [9.17, 15) is 9.90 Å². The summed E-state index contributed by atoms with van der Waals surface area (Å²) in [6.07, 6.45) is 0.158. The maximum Gasteiger partial charge on any atom is 0.330 e. The van der Waals surface area contributed by atoms with E-state index in [1.165, 1.54) is 0 Å². The molecule has 0 saturated carbocycles. The molecule has 2 rings (SSSR count). The van der Waals surface area contributed by atoms with Gasteiger partial charge in [-0.15, -0.1) is 0 Å². The van der Waals surface area contributed by atoms with Gasteiger partial charge in [0.2, 0.25) is 0 Å². The molecular formula is C18H18O4. The Morgan fingerprint density at radius 2 is 1.77 bits per heavy atom. The van der Waals surface area contributed by atoms with E-state index in [1.807, 2.05) is 54.6 Å². The fraction of sp³-hybridized carbons (Fsp3) is 0.167. The predicted octanol–water partition coefficient (Wildman–Crippen LogP) is 2.82. The monoisotopic (exact) mass is 298 g/mol. The summed E-state index contributed by atoms with van der Waals surface area (Å²) in [5.74, 6) is 0.103. The lowest BCUT2D eigenvalue weighted by Gasteiger charge is -2.15. The van der Waals surface area contributed by atoms with Crippen LogP contribution in [0, 0.1) is 0 Å². The van der Waals surface area contributed by atoms with E-state index in [4.69, 9.17) is 9.47 Å². The average molecular weight is 298 g/mol. The second-order valence-electron chi connectivity index (χ2n) is 4.66. The molecule has 2 aromatic rings. The number of ether oxygens (including phenoxy) is 2. The fourth-order valence-corrected chi connectivity index (χ4v) is 1.92. The van der Waals surface area contributed by atoms with Crippen LogP contribution in [0.2, 0.25) is 0 Å². The minimum atomic E-state index is -0.896. The molecule has 0 saturated heterocycles. The Morgan fingerprint density at radius 3 is 2.50 bits per heavy atom. The minimum absolute atomic E-state index is 0.0360. The highest BCUT2D eigenvalue weighted by Crippen LogP contribution is 2.29. The number of hydrogen-bond acceptors (Lipinski definition) is 4. The first kappa shape index (κ1) is 15.8. The summed E-state index contributed by atoms with van der Waals surface area (Å²) in [6, 6.07) is 17.4. The second-order valence-corrected chi connectivity index (χ2v) is 4.66. The molecule has 0 bridgehead atoms. The lowest BCUT2D eigenvalue weighted by molar-refractivity contribution is -0.141. The maximum atomic E-state index is 10.9. The molecule has 1 atom stereocenters. The number of benzene rings is 2. The van der Waals surface area contributed by atoms with E-state index in [-0.39, 0.29) is 13.2 Å². The molecule has 0 fully saturated rings. The highest BCUT2D eigenvalue weighted by Gasteiger charge is 2.10. The zero-order valence-corrected chi connectivity index (χ0v) is 12.1. The standard InChI is InChI=1S/C18H18O4/c1-2-18(20)22-13-15(19)12-21-17-11-7-6-10-16(17)14-8-4-3-5-9-14/h2-11,15,19H,1,12-13H2. The van der Waals surface area contributed by atoms with Crippen molar-refractivity contribution in [1.82, 2.24) is 0 Å². The predicted molar refractivity (Wildman–Crippen MR) is 84.5 cm³/mol. The van der Waals surface area contributed by atoms with Crippen LogP contribution in [0.15, 0.2) is 67.3 Å². The van der Waals surface area contributed by atoms with Gasteiger partial charge in [-0.2, -0.15) is 0 Å². The first-order valence-corrected chi connectivity index (χ1v) is 6.95. The van der Waals surface area contributed by atoms with Crippen LogP contribution in [-0.2, 0) is 9.53 Å². The largest absolute Gasteiger partial charge is 0.490 e. The molecule has 114 valence electrons. The van der Waals surface area contributed by atoms with Crippen LogP contribution >= 0.6 is 0 Å². The summed E-state index contributed by atoms with van der Waals surface area (Å²) in [7, 11) is 0. The number of para-hydroxylation sites is 1. The third-order valence-corrected chi connectivity index (χ3v) is 2.99. The summed E-state index contributed by atoms with van der Waals surface area (Å²) in [5, 5.41) is 9.78. The molecule has 0 amide bonds. The molecule has 0 aromatic heterocycles. The number of hydrogen-bond donors (Lipinski definition) is 1. The number of rotatable bonds is 7. The van der Waals surface area contributed by atoms with Crippen LogP contribution in [0.1, 0.15) is 0 Å². The van der Waals surface area contributed by atoms with Gasteiger partial charge in [0.25, 0.3) is 0 Å².